The number of carbonyl (C=O) groups is 1. The molecule has 2 aliphatic rings. The quantitative estimate of drug-likeness (QED) is 0.479. The molecule has 5 nitrogen and oxygen atoms in total. The highest BCUT2D eigenvalue weighted by atomic mass is 16.1. The van der Waals surface area contributed by atoms with Crippen LogP contribution in [0.4, 0.5) is 0 Å². The van der Waals surface area contributed by atoms with Crippen LogP contribution < -0.4 is 20.9 Å². The van der Waals surface area contributed by atoms with Gasteiger partial charge >= 0.3 is 0 Å². The summed E-state index contributed by atoms with van der Waals surface area (Å²) in [5, 5.41) is 3.62. The second-order valence-electron chi connectivity index (χ2n) is 7.52. The smallest absolute Gasteiger partial charge is 0.239 e. The first-order valence-electron chi connectivity index (χ1n) is 8.74. The van der Waals surface area contributed by atoms with Gasteiger partial charge in [-0.1, -0.05) is 30.3 Å². The zero-order valence-corrected chi connectivity index (χ0v) is 14.3. The molecule has 2 saturated heterocycles. The minimum absolute atomic E-state index is 0.152. The highest BCUT2D eigenvalue weighted by Gasteiger charge is 2.60. The Kier molecular flexibility index (Phi) is 4.71. The summed E-state index contributed by atoms with van der Waals surface area (Å²) in [6, 6.07) is 10.4. The maximum atomic E-state index is 12.5. The van der Waals surface area contributed by atoms with Gasteiger partial charge in [0, 0.05) is 6.54 Å². The third kappa shape index (κ3) is 3.13. The molecule has 2 aliphatic heterocycles. The summed E-state index contributed by atoms with van der Waals surface area (Å²) in [4.78, 5) is 15.5. The minimum atomic E-state index is -0.520. The topological polar surface area (TPSA) is 64.0 Å². The van der Waals surface area contributed by atoms with Gasteiger partial charge in [0.1, 0.15) is 5.54 Å². The summed E-state index contributed by atoms with van der Waals surface area (Å²) in [7, 11) is 4.46. The molecule has 3 rings (SSSR count). The molecule has 2 fully saturated rings. The summed E-state index contributed by atoms with van der Waals surface area (Å²) >= 11 is 0. The van der Waals surface area contributed by atoms with Crippen molar-refractivity contribution >= 4 is 5.91 Å². The summed E-state index contributed by atoms with van der Waals surface area (Å²) in [6.07, 6.45) is 0.931. The highest BCUT2D eigenvalue weighted by molar-refractivity contribution is 5.86. The molecule has 5 N–H and O–H groups in total. The number of fused-ring (bicyclic) bond motifs is 2. The Morgan fingerprint density at radius 3 is 2.13 bits per heavy atom. The molecule has 0 radical (unpaired) electrons. The van der Waals surface area contributed by atoms with Crippen molar-refractivity contribution in [1.29, 1.82) is 0 Å². The van der Waals surface area contributed by atoms with Gasteiger partial charge in [-0.05, 0) is 12.0 Å². The maximum absolute atomic E-state index is 12.5. The van der Waals surface area contributed by atoms with E-state index in [4.69, 9.17) is 5.73 Å². The molecular formula is C18H30N4O+2. The van der Waals surface area contributed by atoms with E-state index in [1.165, 1.54) is 15.4 Å². The Hall–Kier alpha value is -1.43. The van der Waals surface area contributed by atoms with Gasteiger partial charge in [0.15, 0.2) is 0 Å². The highest BCUT2D eigenvalue weighted by Crippen LogP contribution is 2.29. The molecule has 0 atom stereocenters. The van der Waals surface area contributed by atoms with Crippen molar-refractivity contribution < 1.29 is 14.6 Å². The van der Waals surface area contributed by atoms with Crippen molar-refractivity contribution in [3.05, 3.63) is 35.9 Å². The van der Waals surface area contributed by atoms with Crippen LogP contribution in [0.3, 0.4) is 0 Å². The fraction of sp³-hybridized carbons (Fsp3) is 0.611. The average Bonchev–Trinajstić information content (AvgIpc) is 2.49. The molecule has 0 spiro atoms. The van der Waals surface area contributed by atoms with Crippen LogP contribution in [-0.4, -0.2) is 58.3 Å². The summed E-state index contributed by atoms with van der Waals surface area (Å²) in [5.41, 5.74) is 6.72. The van der Waals surface area contributed by atoms with Crippen LogP contribution in [0, 0.1) is 11.8 Å². The first kappa shape index (κ1) is 16.4. The van der Waals surface area contributed by atoms with Crippen LogP contribution in [0.2, 0.25) is 0 Å². The molecular weight excluding hydrogens is 288 g/mol. The first-order chi connectivity index (χ1) is 11.0. The number of hydrogen-bond acceptors (Lipinski definition) is 2. The van der Waals surface area contributed by atoms with Gasteiger partial charge in [0.05, 0.1) is 52.1 Å². The molecule has 1 aromatic rings. The number of carbonyl (C=O) groups excluding carboxylic acids is 1. The van der Waals surface area contributed by atoms with Gasteiger partial charge < -0.3 is 20.9 Å². The van der Waals surface area contributed by atoms with E-state index in [9.17, 15) is 4.79 Å². The molecule has 1 aromatic carbocycles. The number of quaternary nitrogens is 2. The van der Waals surface area contributed by atoms with Gasteiger partial charge in [-0.15, -0.1) is 0 Å². The second-order valence-corrected chi connectivity index (χ2v) is 7.52. The summed E-state index contributed by atoms with van der Waals surface area (Å²) < 4.78 is 0. The number of likely N-dealkylation sites (tertiary alicyclic amines) is 2. The van der Waals surface area contributed by atoms with Crippen molar-refractivity contribution in [2.75, 3.05) is 46.8 Å². The lowest BCUT2D eigenvalue weighted by molar-refractivity contribution is -0.944. The van der Waals surface area contributed by atoms with E-state index >= 15 is 0 Å². The molecule has 2 bridgehead atoms. The predicted molar refractivity (Wildman–Crippen MR) is 90.3 cm³/mol. The maximum Gasteiger partial charge on any atom is 0.239 e. The normalized spacial score (nSPS) is 36.6. The van der Waals surface area contributed by atoms with E-state index in [0.29, 0.717) is 11.8 Å². The number of piperidine rings is 2. The molecule has 1 amide bonds. The Balaban J connectivity index is 1.75. The molecule has 23 heavy (non-hydrogen) atoms. The molecule has 0 aromatic heterocycles. The van der Waals surface area contributed by atoms with Crippen LogP contribution in [0.5, 0.6) is 0 Å². The van der Waals surface area contributed by atoms with E-state index < -0.39 is 5.54 Å². The lowest BCUT2D eigenvalue weighted by atomic mass is 9.67. The van der Waals surface area contributed by atoms with Crippen molar-refractivity contribution in [1.82, 2.24) is 5.32 Å². The van der Waals surface area contributed by atoms with Crippen LogP contribution >= 0.6 is 0 Å². The lowest BCUT2D eigenvalue weighted by Crippen LogP contribution is -3.22. The van der Waals surface area contributed by atoms with Gasteiger partial charge in [0.2, 0.25) is 5.91 Å². The van der Waals surface area contributed by atoms with Crippen LogP contribution in [0.25, 0.3) is 0 Å². The molecule has 126 valence electrons. The number of hydrogen-bond donors (Lipinski definition) is 4. The Morgan fingerprint density at radius 2 is 1.65 bits per heavy atom. The third-order valence-electron chi connectivity index (χ3n) is 5.75. The Morgan fingerprint density at radius 1 is 1.13 bits per heavy atom. The van der Waals surface area contributed by atoms with Crippen molar-refractivity contribution in [2.45, 2.75) is 12.0 Å². The summed E-state index contributed by atoms with van der Waals surface area (Å²) in [6.45, 7) is 4.90. The van der Waals surface area contributed by atoms with Crippen molar-refractivity contribution in [2.24, 2.45) is 17.6 Å². The van der Waals surface area contributed by atoms with E-state index in [-0.39, 0.29) is 5.91 Å². The lowest BCUT2D eigenvalue weighted by Gasteiger charge is -2.52. The van der Waals surface area contributed by atoms with Gasteiger partial charge in [-0.3, -0.25) is 4.79 Å². The SMILES string of the molecule is C[NH+]1CC2C[NH+](C)CC(C1)C2(NCCc1ccccc1)C(N)=O. The number of primary amides is 1. The Labute approximate surface area is 138 Å². The number of nitrogens with two attached hydrogens (primary N) is 1. The van der Waals surface area contributed by atoms with Crippen LogP contribution in [0.1, 0.15) is 5.56 Å². The van der Waals surface area contributed by atoms with Gasteiger partial charge in [-0.25, -0.2) is 0 Å². The molecule has 5 heteroatoms. The molecule has 0 saturated carbocycles. The van der Waals surface area contributed by atoms with Crippen LogP contribution in [0.15, 0.2) is 30.3 Å². The number of amides is 1. The Bertz CT molecular complexity index is 517. The minimum Gasteiger partial charge on any atom is -0.368 e. The van der Waals surface area contributed by atoms with E-state index in [2.05, 4.69) is 43.7 Å². The van der Waals surface area contributed by atoms with Gasteiger partial charge in [-0.2, -0.15) is 0 Å². The number of benzene rings is 1. The molecule has 0 unspecified atom stereocenters. The molecule has 2 heterocycles. The third-order valence-corrected chi connectivity index (χ3v) is 5.75. The molecule has 0 aliphatic carbocycles. The van der Waals surface area contributed by atoms with E-state index in [1.807, 2.05) is 6.07 Å². The predicted octanol–water partition coefficient (Wildman–Crippen LogP) is -2.67. The fourth-order valence-electron chi connectivity index (χ4n) is 4.81. The fourth-order valence-corrected chi connectivity index (χ4v) is 4.81. The van der Waals surface area contributed by atoms with E-state index in [1.54, 1.807) is 0 Å². The standard InChI is InChI=1S/C18H28N4O/c1-21-10-15-12-22(2)13-16(11-21)18(15,17(19)23)20-9-8-14-6-4-3-5-7-14/h3-7,15-16,20H,8-13H2,1-2H3,(H2,19,23)/p+2. The first-order valence-corrected chi connectivity index (χ1v) is 8.74. The summed E-state index contributed by atoms with van der Waals surface area (Å²) in [5.74, 6) is 0.493. The van der Waals surface area contributed by atoms with Crippen LogP contribution in [-0.2, 0) is 11.2 Å². The zero-order chi connectivity index (χ0) is 16.4. The largest absolute Gasteiger partial charge is 0.368 e. The van der Waals surface area contributed by atoms with Gasteiger partial charge in [0.25, 0.3) is 0 Å². The second kappa shape index (κ2) is 6.59. The average molecular weight is 318 g/mol. The monoisotopic (exact) mass is 318 g/mol. The van der Waals surface area contributed by atoms with Crippen molar-refractivity contribution in [3.8, 4) is 0 Å². The van der Waals surface area contributed by atoms with E-state index in [0.717, 1.165) is 39.1 Å². The number of nitrogens with one attached hydrogen (secondary N) is 3. The van der Waals surface area contributed by atoms with Crippen molar-refractivity contribution in [3.63, 3.8) is 0 Å². The zero-order valence-electron chi connectivity index (χ0n) is 14.3. The number of rotatable bonds is 5.